The number of hydrogen-bond donors (Lipinski definition) is 2. The molecule has 1 saturated heterocycles. The summed E-state index contributed by atoms with van der Waals surface area (Å²) in [5.41, 5.74) is 5.07. The van der Waals surface area contributed by atoms with Gasteiger partial charge in [-0.1, -0.05) is 6.42 Å². The van der Waals surface area contributed by atoms with Gasteiger partial charge in [-0.25, -0.2) is 0 Å². The normalized spacial score (nSPS) is 39.1. The summed E-state index contributed by atoms with van der Waals surface area (Å²) in [5.74, 6) is -0.736. The number of aliphatic carboxylic acids is 1. The van der Waals surface area contributed by atoms with Crippen LogP contribution < -0.4 is 5.73 Å². The molecule has 0 aromatic rings. The van der Waals surface area contributed by atoms with Crippen molar-refractivity contribution in [2.75, 3.05) is 20.2 Å². The Morgan fingerprint density at radius 3 is 2.84 bits per heavy atom. The third kappa shape index (κ3) is 2.93. The fourth-order valence-electron chi connectivity index (χ4n) is 3.61. The molecule has 110 valence electrons. The first-order chi connectivity index (χ1) is 8.95. The molecular weight excluding hydrogens is 244 g/mol. The van der Waals surface area contributed by atoms with E-state index in [0.29, 0.717) is 12.5 Å². The summed E-state index contributed by atoms with van der Waals surface area (Å²) in [6.45, 7) is 3.83. The molecule has 0 amide bonds. The van der Waals surface area contributed by atoms with Gasteiger partial charge in [-0.05, 0) is 52.1 Å². The average Bonchev–Trinajstić information content (AvgIpc) is 2.93. The molecule has 2 fully saturated rings. The molecule has 19 heavy (non-hydrogen) atoms. The van der Waals surface area contributed by atoms with Crippen LogP contribution in [-0.2, 0) is 9.53 Å². The van der Waals surface area contributed by atoms with E-state index in [4.69, 9.17) is 10.5 Å². The lowest BCUT2D eigenvalue weighted by atomic mass is 9.85. The monoisotopic (exact) mass is 270 g/mol. The second kappa shape index (κ2) is 5.77. The van der Waals surface area contributed by atoms with Gasteiger partial charge < -0.3 is 20.5 Å². The van der Waals surface area contributed by atoms with Crippen LogP contribution in [0.15, 0.2) is 0 Å². The number of rotatable bonds is 5. The van der Waals surface area contributed by atoms with Crippen molar-refractivity contribution in [3.63, 3.8) is 0 Å². The van der Waals surface area contributed by atoms with Crippen LogP contribution >= 0.6 is 0 Å². The first-order valence-corrected chi connectivity index (χ1v) is 7.29. The third-order valence-corrected chi connectivity index (χ3v) is 5.00. The summed E-state index contributed by atoms with van der Waals surface area (Å²) in [6, 6.07) is 0.457. The summed E-state index contributed by atoms with van der Waals surface area (Å²) in [5, 5.41) is 9.30. The maximum absolute atomic E-state index is 11.3. The standard InChI is InChI=1S/C14H26N2O3/c1-10-12(6-9-19-10)16(2)8-5-11-4-3-7-14(11,15)13(17)18/h10-12H,3-9,15H2,1-2H3,(H,17,18). The first kappa shape index (κ1) is 14.8. The minimum atomic E-state index is -1.00. The molecule has 0 aromatic heterocycles. The van der Waals surface area contributed by atoms with Gasteiger partial charge in [0.1, 0.15) is 5.54 Å². The van der Waals surface area contributed by atoms with E-state index < -0.39 is 11.5 Å². The smallest absolute Gasteiger partial charge is 0.323 e. The molecule has 5 nitrogen and oxygen atoms in total. The number of nitrogens with zero attached hydrogens (tertiary/aromatic N) is 1. The summed E-state index contributed by atoms with van der Waals surface area (Å²) in [4.78, 5) is 13.6. The van der Waals surface area contributed by atoms with E-state index in [1.165, 1.54) is 0 Å². The molecule has 0 aromatic carbocycles. The zero-order valence-corrected chi connectivity index (χ0v) is 12.0. The Morgan fingerprint density at radius 2 is 2.26 bits per heavy atom. The molecule has 5 heteroatoms. The highest BCUT2D eigenvalue weighted by atomic mass is 16.5. The van der Waals surface area contributed by atoms with Crippen LogP contribution in [0.2, 0.25) is 0 Å². The molecule has 1 aliphatic carbocycles. The van der Waals surface area contributed by atoms with Gasteiger partial charge in [0.15, 0.2) is 0 Å². The van der Waals surface area contributed by atoms with Crippen molar-refractivity contribution < 1.29 is 14.6 Å². The van der Waals surface area contributed by atoms with Gasteiger partial charge in [0.25, 0.3) is 0 Å². The Kier molecular flexibility index (Phi) is 4.48. The molecule has 0 spiro atoms. The van der Waals surface area contributed by atoms with E-state index in [-0.39, 0.29) is 12.0 Å². The van der Waals surface area contributed by atoms with Crippen molar-refractivity contribution in [3.8, 4) is 0 Å². The van der Waals surface area contributed by atoms with Crippen LogP contribution in [0.3, 0.4) is 0 Å². The van der Waals surface area contributed by atoms with Crippen LogP contribution in [0.25, 0.3) is 0 Å². The zero-order chi connectivity index (χ0) is 14.0. The van der Waals surface area contributed by atoms with E-state index >= 15 is 0 Å². The number of hydrogen-bond acceptors (Lipinski definition) is 4. The predicted molar refractivity (Wildman–Crippen MR) is 73.0 cm³/mol. The van der Waals surface area contributed by atoms with Crippen molar-refractivity contribution >= 4 is 5.97 Å². The molecule has 3 N–H and O–H groups in total. The van der Waals surface area contributed by atoms with Crippen LogP contribution in [0.5, 0.6) is 0 Å². The van der Waals surface area contributed by atoms with Crippen molar-refractivity contribution in [1.82, 2.24) is 4.90 Å². The highest BCUT2D eigenvalue weighted by Crippen LogP contribution is 2.36. The van der Waals surface area contributed by atoms with E-state index in [2.05, 4.69) is 18.9 Å². The Labute approximate surface area is 115 Å². The summed E-state index contributed by atoms with van der Waals surface area (Å²) in [6.07, 6.45) is 4.68. The molecule has 1 heterocycles. The molecule has 2 aliphatic rings. The molecule has 4 unspecified atom stereocenters. The Morgan fingerprint density at radius 1 is 1.53 bits per heavy atom. The van der Waals surface area contributed by atoms with Gasteiger partial charge >= 0.3 is 5.97 Å². The summed E-state index contributed by atoms with van der Waals surface area (Å²) < 4.78 is 5.58. The van der Waals surface area contributed by atoms with Gasteiger partial charge in [0.2, 0.25) is 0 Å². The highest BCUT2D eigenvalue weighted by molar-refractivity contribution is 5.79. The van der Waals surface area contributed by atoms with Gasteiger partial charge in [-0.3, -0.25) is 4.79 Å². The van der Waals surface area contributed by atoms with E-state index in [9.17, 15) is 9.90 Å². The number of carboxylic acid groups (broad SMARTS) is 1. The van der Waals surface area contributed by atoms with Gasteiger partial charge in [-0.15, -0.1) is 0 Å². The van der Waals surface area contributed by atoms with Gasteiger partial charge in [-0.2, -0.15) is 0 Å². The van der Waals surface area contributed by atoms with Crippen molar-refractivity contribution in [1.29, 1.82) is 0 Å². The summed E-state index contributed by atoms with van der Waals surface area (Å²) >= 11 is 0. The second-order valence-electron chi connectivity index (χ2n) is 6.14. The molecule has 2 rings (SSSR count). The second-order valence-corrected chi connectivity index (χ2v) is 6.14. The molecule has 4 atom stereocenters. The molecule has 0 bridgehead atoms. The SMILES string of the molecule is CC1OCCC1N(C)CCC1CCCC1(N)C(=O)O. The lowest BCUT2D eigenvalue weighted by Crippen LogP contribution is -2.51. The number of carbonyl (C=O) groups is 1. The van der Waals surface area contributed by atoms with Crippen LogP contribution in [-0.4, -0.2) is 53.9 Å². The zero-order valence-electron chi connectivity index (χ0n) is 12.0. The molecular formula is C14H26N2O3. The van der Waals surface area contributed by atoms with Crippen LogP contribution in [0.1, 0.15) is 39.0 Å². The number of ether oxygens (including phenoxy) is 1. The predicted octanol–water partition coefficient (Wildman–Crippen LogP) is 1.07. The molecule has 0 radical (unpaired) electrons. The maximum Gasteiger partial charge on any atom is 0.323 e. The quantitative estimate of drug-likeness (QED) is 0.781. The van der Waals surface area contributed by atoms with Crippen molar-refractivity contribution in [2.24, 2.45) is 11.7 Å². The average molecular weight is 270 g/mol. The number of carboxylic acids is 1. The third-order valence-electron chi connectivity index (χ3n) is 5.00. The minimum Gasteiger partial charge on any atom is -0.480 e. The number of likely N-dealkylation sites (N-methyl/N-ethyl adjacent to an activating group) is 1. The van der Waals surface area contributed by atoms with Gasteiger partial charge in [0.05, 0.1) is 6.10 Å². The van der Waals surface area contributed by atoms with E-state index in [1.54, 1.807) is 0 Å². The Balaban J connectivity index is 1.86. The summed E-state index contributed by atoms with van der Waals surface area (Å²) in [7, 11) is 2.10. The van der Waals surface area contributed by atoms with Crippen molar-refractivity contribution in [2.45, 2.75) is 56.7 Å². The van der Waals surface area contributed by atoms with E-state index in [1.807, 2.05) is 0 Å². The topological polar surface area (TPSA) is 75.8 Å². The van der Waals surface area contributed by atoms with E-state index in [0.717, 1.165) is 38.8 Å². The fourth-order valence-corrected chi connectivity index (χ4v) is 3.61. The highest BCUT2D eigenvalue weighted by Gasteiger charge is 2.45. The number of nitrogens with two attached hydrogens (primary N) is 1. The van der Waals surface area contributed by atoms with Crippen LogP contribution in [0.4, 0.5) is 0 Å². The largest absolute Gasteiger partial charge is 0.480 e. The lowest BCUT2D eigenvalue weighted by molar-refractivity contribution is -0.144. The fraction of sp³-hybridized carbons (Fsp3) is 0.929. The maximum atomic E-state index is 11.3. The Hall–Kier alpha value is -0.650. The first-order valence-electron chi connectivity index (χ1n) is 7.29. The van der Waals surface area contributed by atoms with Crippen LogP contribution in [0, 0.1) is 5.92 Å². The Bertz CT molecular complexity index is 337. The molecule has 1 saturated carbocycles. The van der Waals surface area contributed by atoms with Gasteiger partial charge in [0, 0.05) is 12.6 Å². The minimum absolute atomic E-state index is 0.102. The lowest BCUT2D eigenvalue weighted by Gasteiger charge is -2.31. The molecule has 1 aliphatic heterocycles. The van der Waals surface area contributed by atoms with Crippen molar-refractivity contribution in [3.05, 3.63) is 0 Å².